The second-order valence-corrected chi connectivity index (χ2v) is 4.19. The van der Waals surface area contributed by atoms with Crippen molar-refractivity contribution in [1.82, 2.24) is 5.32 Å². The van der Waals surface area contributed by atoms with E-state index in [1.165, 1.54) is 6.07 Å². The number of hydrogen-bond acceptors (Lipinski definition) is 2. The van der Waals surface area contributed by atoms with Gasteiger partial charge in [0.1, 0.15) is 18.5 Å². The quantitative estimate of drug-likeness (QED) is 0.847. The first-order valence-corrected chi connectivity index (χ1v) is 5.29. The highest BCUT2D eigenvalue weighted by molar-refractivity contribution is 9.10. The van der Waals surface area contributed by atoms with Crippen LogP contribution >= 0.6 is 15.9 Å². The number of carbonyl (C=O) groups excluding carboxylic acids is 1. The van der Waals surface area contributed by atoms with Crippen LogP contribution in [0.25, 0.3) is 0 Å². The van der Waals surface area contributed by atoms with Gasteiger partial charge in [0.25, 0.3) is 0 Å². The molecule has 0 unspecified atom stereocenters. The summed E-state index contributed by atoms with van der Waals surface area (Å²) >= 11 is 3.18. The molecule has 1 aliphatic heterocycles. The van der Waals surface area contributed by atoms with Gasteiger partial charge < -0.3 is 10.1 Å². The smallest absolute Gasteiger partial charge is 0.246 e. The molecule has 0 saturated carbocycles. The van der Waals surface area contributed by atoms with E-state index in [1.807, 2.05) is 0 Å². The Bertz CT molecular complexity index is 387. The SMILES string of the molecule is O=C1CO[C@H](c2ccc(Br)cc2F)CN1. The summed E-state index contributed by atoms with van der Waals surface area (Å²) in [5, 5.41) is 2.63. The van der Waals surface area contributed by atoms with Crippen LogP contribution in [0, 0.1) is 5.82 Å². The highest BCUT2D eigenvalue weighted by atomic mass is 79.9. The normalized spacial score (nSPS) is 21.2. The highest BCUT2D eigenvalue weighted by Crippen LogP contribution is 2.24. The van der Waals surface area contributed by atoms with E-state index in [2.05, 4.69) is 21.2 Å². The van der Waals surface area contributed by atoms with E-state index in [4.69, 9.17) is 4.74 Å². The monoisotopic (exact) mass is 273 g/mol. The average Bonchev–Trinajstić information content (AvgIpc) is 2.20. The Morgan fingerprint density at radius 3 is 2.93 bits per heavy atom. The summed E-state index contributed by atoms with van der Waals surface area (Å²) in [6.07, 6.45) is -0.393. The number of ether oxygens (including phenoxy) is 1. The van der Waals surface area contributed by atoms with Gasteiger partial charge in [-0.3, -0.25) is 4.79 Å². The zero-order valence-electron chi connectivity index (χ0n) is 7.80. The van der Waals surface area contributed by atoms with E-state index < -0.39 is 6.10 Å². The maximum Gasteiger partial charge on any atom is 0.246 e. The van der Waals surface area contributed by atoms with Gasteiger partial charge in [-0.2, -0.15) is 0 Å². The molecule has 3 nitrogen and oxygen atoms in total. The van der Waals surface area contributed by atoms with Crippen LogP contribution in [-0.4, -0.2) is 19.1 Å². The summed E-state index contributed by atoms with van der Waals surface area (Å²) in [6.45, 7) is 0.303. The zero-order chi connectivity index (χ0) is 10.8. The Kier molecular flexibility index (Phi) is 3.02. The molecule has 1 fully saturated rings. The topological polar surface area (TPSA) is 38.3 Å². The van der Waals surface area contributed by atoms with E-state index in [0.29, 0.717) is 16.6 Å². The number of benzene rings is 1. The van der Waals surface area contributed by atoms with Crippen LogP contribution in [-0.2, 0) is 9.53 Å². The van der Waals surface area contributed by atoms with Crippen molar-refractivity contribution >= 4 is 21.8 Å². The zero-order valence-corrected chi connectivity index (χ0v) is 9.38. The Labute approximate surface area is 94.7 Å². The van der Waals surface area contributed by atoms with Gasteiger partial charge in [0, 0.05) is 16.6 Å². The summed E-state index contributed by atoms with van der Waals surface area (Å²) in [5.74, 6) is -0.491. The van der Waals surface area contributed by atoms with Gasteiger partial charge in [0.05, 0.1) is 0 Å². The number of amides is 1. The largest absolute Gasteiger partial charge is 0.362 e. The number of carbonyl (C=O) groups is 1. The van der Waals surface area contributed by atoms with Crippen LogP contribution in [0.15, 0.2) is 22.7 Å². The molecule has 1 aliphatic rings. The molecule has 15 heavy (non-hydrogen) atoms. The van der Waals surface area contributed by atoms with E-state index in [9.17, 15) is 9.18 Å². The molecule has 0 aromatic heterocycles. The fourth-order valence-electron chi connectivity index (χ4n) is 1.46. The summed E-state index contributed by atoms with van der Waals surface area (Å²) in [6, 6.07) is 4.79. The summed E-state index contributed by atoms with van der Waals surface area (Å²) < 4.78 is 19.4. The molecule has 1 aromatic rings. The Balaban J connectivity index is 2.19. The number of rotatable bonds is 1. The molecule has 5 heteroatoms. The minimum atomic E-state index is -0.393. The lowest BCUT2D eigenvalue weighted by Crippen LogP contribution is -2.38. The van der Waals surface area contributed by atoms with Crippen molar-refractivity contribution < 1.29 is 13.9 Å². The van der Waals surface area contributed by atoms with Crippen molar-refractivity contribution in [1.29, 1.82) is 0 Å². The molecule has 0 spiro atoms. The summed E-state index contributed by atoms with van der Waals surface area (Å²) in [4.78, 5) is 10.8. The van der Waals surface area contributed by atoms with Gasteiger partial charge in [0.15, 0.2) is 0 Å². The third-order valence-electron chi connectivity index (χ3n) is 2.21. The van der Waals surface area contributed by atoms with Crippen molar-refractivity contribution in [3.8, 4) is 0 Å². The molecule has 1 heterocycles. The van der Waals surface area contributed by atoms with Crippen molar-refractivity contribution in [2.45, 2.75) is 6.10 Å². The lowest BCUT2D eigenvalue weighted by atomic mass is 10.1. The first kappa shape index (κ1) is 10.6. The molecule has 0 aliphatic carbocycles. The van der Waals surface area contributed by atoms with Crippen LogP contribution in [0.3, 0.4) is 0 Å². The maximum absolute atomic E-state index is 13.5. The molecule has 2 rings (SSSR count). The minimum Gasteiger partial charge on any atom is -0.362 e. The fourth-order valence-corrected chi connectivity index (χ4v) is 1.79. The number of morpholine rings is 1. The molecule has 1 N–H and O–H groups in total. The first-order chi connectivity index (χ1) is 7.16. The molecule has 1 aromatic carbocycles. The minimum absolute atomic E-state index is 0.0137. The van der Waals surface area contributed by atoms with Gasteiger partial charge in [-0.1, -0.05) is 22.0 Å². The van der Waals surface area contributed by atoms with Crippen molar-refractivity contribution in [3.05, 3.63) is 34.1 Å². The van der Waals surface area contributed by atoms with Gasteiger partial charge in [-0.15, -0.1) is 0 Å². The molecule has 1 saturated heterocycles. The van der Waals surface area contributed by atoms with Crippen molar-refractivity contribution in [2.75, 3.05) is 13.2 Å². The fraction of sp³-hybridized carbons (Fsp3) is 0.300. The second-order valence-electron chi connectivity index (χ2n) is 3.27. The number of halogens is 2. The standard InChI is InChI=1S/C10H9BrFNO2/c11-6-1-2-7(8(12)3-6)9-4-13-10(14)5-15-9/h1-3,9H,4-5H2,(H,13,14)/t9-/m0/s1. The predicted molar refractivity (Wildman–Crippen MR) is 55.8 cm³/mol. The Morgan fingerprint density at radius 2 is 2.33 bits per heavy atom. The highest BCUT2D eigenvalue weighted by Gasteiger charge is 2.22. The molecular formula is C10H9BrFNO2. The van der Waals surface area contributed by atoms with Gasteiger partial charge in [0.2, 0.25) is 5.91 Å². The van der Waals surface area contributed by atoms with Crippen molar-refractivity contribution in [2.24, 2.45) is 0 Å². The molecule has 80 valence electrons. The summed E-state index contributed by atoms with van der Waals surface area (Å²) in [5.41, 5.74) is 0.471. The molecule has 1 atom stereocenters. The Hall–Kier alpha value is -0.940. The van der Waals surface area contributed by atoms with Crippen LogP contribution in [0.2, 0.25) is 0 Å². The molecule has 0 radical (unpaired) electrons. The predicted octanol–water partition coefficient (Wildman–Crippen LogP) is 1.78. The van der Waals surface area contributed by atoms with Gasteiger partial charge in [-0.05, 0) is 12.1 Å². The second kappa shape index (κ2) is 4.28. The summed E-state index contributed by atoms with van der Waals surface area (Å²) in [7, 11) is 0. The van der Waals surface area contributed by atoms with E-state index in [-0.39, 0.29) is 18.3 Å². The van der Waals surface area contributed by atoms with Crippen molar-refractivity contribution in [3.63, 3.8) is 0 Å². The first-order valence-electron chi connectivity index (χ1n) is 4.50. The lowest BCUT2D eigenvalue weighted by Gasteiger charge is -2.23. The maximum atomic E-state index is 13.5. The molecule has 1 amide bonds. The Morgan fingerprint density at radius 1 is 1.53 bits per heavy atom. The van der Waals surface area contributed by atoms with E-state index >= 15 is 0 Å². The number of nitrogens with one attached hydrogen (secondary N) is 1. The molecular weight excluding hydrogens is 265 g/mol. The van der Waals surface area contributed by atoms with Crippen LogP contribution in [0.1, 0.15) is 11.7 Å². The van der Waals surface area contributed by atoms with E-state index in [0.717, 1.165) is 0 Å². The number of hydrogen-bond donors (Lipinski definition) is 1. The third kappa shape index (κ3) is 2.35. The van der Waals surface area contributed by atoms with E-state index in [1.54, 1.807) is 12.1 Å². The van der Waals surface area contributed by atoms with Crippen LogP contribution < -0.4 is 5.32 Å². The van der Waals surface area contributed by atoms with Gasteiger partial charge >= 0.3 is 0 Å². The third-order valence-corrected chi connectivity index (χ3v) is 2.70. The van der Waals surface area contributed by atoms with Gasteiger partial charge in [-0.25, -0.2) is 4.39 Å². The van der Waals surface area contributed by atoms with Crippen LogP contribution in [0.4, 0.5) is 4.39 Å². The average molecular weight is 274 g/mol. The lowest BCUT2D eigenvalue weighted by molar-refractivity contribution is -0.133. The van der Waals surface area contributed by atoms with Crippen LogP contribution in [0.5, 0.6) is 0 Å². The molecule has 0 bridgehead atoms.